The predicted molar refractivity (Wildman–Crippen MR) is 117 cm³/mol. The minimum atomic E-state index is -0.207. The summed E-state index contributed by atoms with van der Waals surface area (Å²) in [6.45, 7) is 8.20. The normalized spacial score (nSPS) is 19.5. The van der Waals surface area contributed by atoms with Crippen LogP contribution < -0.4 is 0 Å². The van der Waals surface area contributed by atoms with Gasteiger partial charge in [-0.2, -0.15) is 0 Å². The largest absolute Gasteiger partial charge is 0.383 e. The van der Waals surface area contributed by atoms with Crippen molar-refractivity contribution in [3.63, 3.8) is 0 Å². The van der Waals surface area contributed by atoms with E-state index in [0.29, 0.717) is 19.7 Å². The molecule has 0 aliphatic carbocycles. The molecule has 0 saturated carbocycles. The van der Waals surface area contributed by atoms with Crippen LogP contribution in [0.4, 0.5) is 4.39 Å². The fourth-order valence-corrected chi connectivity index (χ4v) is 4.42. The van der Waals surface area contributed by atoms with E-state index in [1.807, 2.05) is 24.8 Å². The lowest BCUT2D eigenvalue weighted by molar-refractivity contribution is -0.135. The van der Waals surface area contributed by atoms with Crippen molar-refractivity contribution in [1.29, 1.82) is 0 Å². The molecule has 2 atom stereocenters. The summed E-state index contributed by atoms with van der Waals surface area (Å²) in [6.07, 6.45) is 2.06. The lowest BCUT2D eigenvalue weighted by atomic mass is 9.88. The van der Waals surface area contributed by atoms with Crippen LogP contribution in [0.15, 0.2) is 42.6 Å². The number of aromatic nitrogens is 1. The fraction of sp³-hybridized carbons (Fsp3) is 0.542. The molecule has 30 heavy (non-hydrogen) atoms. The predicted octanol–water partition coefficient (Wildman–Crippen LogP) is 3.51. The van der Waals surface area contributed by atoms with Crippen molar-refractivity contribution < 1.29 is 13.9 Å². The minimum Gasteiger partial charge on any atom is -0.383 e. The zero-order valence-corrected chi connectivity index (χ0v) is 18.6. The quantitative estimate of drug-likeness (QED) is 0.629. The van der Waals surface area contributed by atoms with Crippen LogP contribution in [0.1, 0.15) is 31.0 Å². The molecule has 1 aliphatic rings. The first-order valence-corrected chi connectivity index (χ1v) is 10.7. The Kier molecular flexibility index (Phi) is 7.67. The molecule has 2 heterocycles. The standard InChI is InChI=1S/C24H34FN3O2/c1-18(2)24(29)28(11-12-30-4)15-20-14-27(16-22-9-6-10-26(22)3)17-23(20)19-7-5-8-21(25)13-19/h5-10,13,18,20,23H,11-12,14-17H2,1-4H3. The first kappa shape index (κ1) is 22.5. The highest BCUT2D eigenvalue weighted by Gasteiger charge is 2.36. The molecule has 0 N–H and O–H groups in total. The van der Waals surface area contributed by atoms with Gasteiger partial charge in [0.25, 0.3) is 0 Å². The number of halogens is 1. The number of aryl methyl sites for hydroxylation is 1. The molecular weight excluding hydrogens is 381 g/mol. The molecule has 1 amide bonds. The first-order chi connectivity index (χ1) is 14.4. The van der Waals surface area contributed by atoms with E-state index in [-0.39, 0.29) is 29.5 Å². The highest BCUT2D eigenvalue weighted by molar-refractivity contribution is 5.78. The molecular formula is C24H34FN3O2. The Morgan fingerprint density at radius 2 is 2.07 bits per heavy atom. The van der Waals surface area contributed by atoms with Crippen LogP contribution in [0.5, 0.6) is 0 Å². The molecule has 2 unspecified atom stereocenters. The van der Waals surface area contributed by atoms with E-state index >= 15 is 0 Å². The van der Waals surface area contributed by atoms with Crippen LogP contribution in [0.3, 0.4) is 0 Å². The lowest BCUT2D eigenvalue weighted by Crippen LogP contribution is -2.41. The lowest BCUT2D eigenvalue weighted by Gasteiger charge is -2.29. The Morgan fingerprint density at radius 3 is 2.70 bits per heavy atom. The van der Waals surface area contributed by atoms with Crippen LogP contribution in [0.2, 0.25) is 0 Å². The van der Waals surface area contributed by atoms with Crippen molar-refractivity contribution in [3.8, 4) is 0 Å². The molecule has 0 spiro atoms. The van der Waals surface area contributed by atoms with Gasteiger partial charge in [-0.05, 0) is 35.7 Å². The topological polar surface area (TPSA) is 37.7 Å². The number of ether oxygens (including phenoxy) is 1. The SMILES string of the molecule is COCCN(CC1CN(Cc2cccn2C)CC1c1cccc(F)c1)C(=O)C(C)C. The maximum Gasteiger partial charge on any atom is 0.225 e. The van der Waals surface area contributed by atoms with E-state index in [9.17, 15) is 9.18 Å². The molecule has 0 bridgehead atoms. The van der Waals surface area contributed by atoms with Gasteiger partial charge in [0.2, 0.25) is 5.91 Å². The molecule has 1 aromatic carbocycles. The number of carbonyl (C=O) groups excluding carboxylic acids is 1. The van der Waals surface area contributed by atoms with E-state index in [4.69, 9.17) is 4.74 Å². The number of carbonyl (C=O) groups is 1. The van der Waals surface area contributed by atoms with Crippen LogP contribution in [-0.4, -0.2) is 60.2 Å². The Hall–Kier alpha value is -2.18. The minimum absolute atomic E-state index is 0.0599. The van der Waals surface area contributed by atoms with Crippen LogP contribution >= 0.6 is 0 Å². The van der Waals surface area contributed by atoms with Gasteiger partial charge in [0.15, 0.2) is 0 Å². The molecule has 1 aliphatic heterocycles. The summed E-state index contributed by atoms with van der Waals surface area (Å²) in [4.78, 5) is 17.2. The highest BCUT2D eigenvalue weighted by atomic mass is 19.1. The number of methoxy groups -OCH3 is 1. The molecule has 3 rings (SSSR count). The number of hydrogen-bond donors (Lipinski definition) is 0. The summed E-state index contributed by atoms with van der Waals surface area (Å²) in [5, 5.41) is 0. The van der Waals surface area contributed by atoms with Crippen molar-refractivity contribution in [2.75, 3.05) is 39.9 Å². The number of hydrogen-bond acceptors (Lipinski definition) is 3. The fourth-order valence-electron chi connectivity index (χ4n) is 4.42. The second-order valence-corrected chi connectivity index (χ2v) is 8.66. The van der Waals surface area contributed by atoms with Crippen molar-refractivity contribution in [2.45, 2.75) is 26.3 Å². The van der Waals surface area contributed by atoms with Gasteiger partial charge in [-0.25, -0.2) is 4.39 Å². The van der Waals surface area contributed by atoms with Gasteiger partial charge in [-0.15, -0.1) is 0 Å². The van der Waals surface area contributed by atoms with Gasteiger partial charge in [-0.1, -0.05) is 26.0 Å². The third-order valence-corrected chi connectivity index (χ3v) is 6.06. The van der Waals surface area contributed by atoms with E-state index in [1.54, 1.807) is 19.2 Å². The third-order valence-electron chi connectivity index (χ3n) is 6.06. The molecule has 164 valence electrons. The van der Waals surface area contributed by atoms with Gasteiger partial charge in [0.1, 0.15) is 5.82 Å². The number of likely N-dealkylation sites (tertiary alicyclic amines) is 1. The monoisotopic (exact) mass is 415 g/mol. The van der Waals surface area contributed by atoms with Gasteiger partial charge in [0.05, 0.1) is 6.61 Å². The number of nitrogens with zero attached hydrogens (tertiary/aromatic N) is 3. The molecule has 2 aromatic rings. The molecule has 1 saturated heterocycles. The summed E-state index contributed by atoms with van der Waals surface area (Å²) in [5.74, 6) is 0.306. The van der Waals surface area contributed by atoms with Crippen molar-refractivity contribution in [3.05, 3.63) is 59.7 Å². The zero-order valence-electron chi connectivity index (χ0n) is 18.6. The highest BCUT2D eigenvalue weighted by Crippen LogP contribution is 2.34. The average Bonchev–Trinajstić information content (AvgIpc) is 3.30. The molecule has 5 nitrogen and oxygen atoms in total. The maximum atomic E-state index is 14.0. The number of rotatable bonds is 9. The van der Waals surface area contributed by atoms with Crippen molar-refractivity contribution in [2.24, 2.45) is 18.9 Å². The summed E-state index contributed by atoms with van der Waals surface area (Å²) in [7, 11) is 3.71. The summed E-state index contributed by atoms with van der Waals surface area (Å²) >= 11 is 0. The second-order valence-electron chi connectivity index (χ2n) is 8.66. The van der Waals surface area contributed by atoms with Gasteiger partial charge in [-0.3, -0.25) is 9.69 Å². The average molecular weight is 416 g/mol. The zero-order chi connectivity index (χ0) is 21.7. The molecule has 1 fully saturated rings. The van der Waals surface area contributed by atoms with Gasteiger partial charge in [0, 0.05) is 70.6 Å². The second kappa shape index (κ2) is 10.2. The Bertz CT molecular complexity index is 835. The van der Waals surface area contributed by atoms with Gasteiger partial charge >= 0.3 is 0 Å². The molecule has 6 heteroatoms. The first-order valence-electron chi connectivity index (χ1n) is 10.7. The summed E-state index contributed by atoms with van der Waals surface area (Å²) < 4.78 is 21.3. The number of amides is 1. The summed E-state index contributed by atoms with van der Waals surface area (Å²) in [6, 6.07) is 11.1. The van der Waals surface area contributed by atoms with Crippen molar-refractivity contribution >= 4 is 5.91 Å². The van der Waals surface area contributed by atoms with E-state index in [0.717, 1.165) is 25.2 Å². The van der Waals surface area contributed by atoms with E-state index in [1.165, 1.54) is 11.8 Å². The Labute approximate surface area is 179 Å². The molecule has 0 radical (unpaired) electrons. The Morgan fingerprint density at radius 1 is 1.27 bits per heavy atom. The number of benzene rings is 1. The van der Waals surface area contributed by atoms with Crippen LogP contribution in [0, 0.1) is 17.7 Å². The Balaban J connectivity index is 1.81. The van der Waals surface area contributed by atoms with E-state index < -0.39 is 0 Å². The summed E-state index contributed by atoms with van der Waals surface area (Å²) in [5.41, 5.74) is 2.27. The van der Waals surface area contributed by atoms with Gasteiger partial charge < -0.3 is 14.2 Å². The van der Waals surface area contributed by atoms with Crippen LogP contribution in [-0.2, 0) is 23.1 Å². The van der Waals surface area contributed by atoms with Crippen LogP contribution in [0.25, 0.3) is 0 Å². The van der Waals surface area contributed by atoms with E-state index in [2.05, 4.69) is 34.8 Å². The molecule has 1 aromatic heterocycles. The third kappa shape index (κ3) is 5.49. The van der Waals surface area contributed by atoms with Crippen molar-refractivity contribution in [1.82, 2.24) is 14.4 Å². The smallest absolute Gasteiger partial charge is 0.225 e. The maximum absolute atomic E-state index is 14.0.